The molecule has 8 nitrogen and oxygen atoms in total. The maximum Gasteiger partial charge on any atom is 0.276 e. The first-order valence-electron chi connectivity index (χ1n) is 9.17. The number of benzene rings is 1. The summed E-state index contributed by atoms with van der Waals surface area (Å²) in [4.78, 5) is 39.8. The highest BCUT2D eigenvalue weighted by atomic mass is 19.1. The molecular formula is C20H18F2N3O5. The molecule has 0 saturated carbocycles. The highest BCUT2D eigenvalue weighted by molar-refractivity contribution is 5.99. The Morgan fingerprint density at radius 1 is 1.37 bits per heavy atom. The van der Waals surface area contributed by atoms with Crippen LogP contribution in [0.2, 0.25) is 0 Å². The number of pyridine rings is 1. The third kappa shape index (κ3) is 3.22. The number of hydrogen-bond acceptors (Lipinski definition) is 5. The van der Waals surface area contributed by atoms with E-state index in [1.807, 2.05) is 6.92 Å². The van der Waals surface area contributed by atoms with Crippen LogP contribution in [-0.2, 0) is 17.8 Å². The molecule has 2 aliphatic heterocycles. The Bertz CT molecular complexity index is 1100. The van der Waals surface area contributed by atoms with Gasteiger partial charge < -0.3 is 24.3 Å². The molecular weight excluding hydrogens is 400 g/mol. The van der Waals surface area contributed by atoms with E-state index in [-0.39, 0.29) is 41.7 Å². The fourth-order valence-electron chi connectivity index (χ4n) is 3.69. The number of fused-ring (bicyclic) bond motifs is 2. The molecule has 1 aromatic carbocycles. The third-order valence-corrected chi connectivity index (χ3v) is 5.19. The van der Waals surface area contributed by atoms with E-state index >= 15 is 0 Å². The molecule has 4 rings (SSSR count). The number of aromatic nitrogens is 1. The fraction of sp³-hybridized carbons (Fsp3) is 0.300. The fourth-order valence-corrected chi connectivity index (χ4v) is 3.69. The first-order chi connectivity index (χ1) is 14.3. The molecule has 1 radical (unpaired) electrons. The number of rotatable bonds is 4. The molecule has 2 aromatic rings. The van der Waals surface area contributed by atoms with Gasteiger partial charge in [0, 0.05) is 24.4 Å². The van der Waals surface area contributed by atoms with E-state index in [0.29, 0.717) is 12.7 Å². The van der Waals surface area contributed by atoms with E-state index in [2.05, 4.69) is 12.4 Å². The molecule has 0 bridgehead atoms. The Morgan fingerprint density at radius 3 is 2.83 bits per heavy atom. The van der Waals surface area contributed by atoms with Gasteiger partial charge in [-0.25, -0.2) is 8.78 Å². The van der Waals surface area contributed by atoms with Crippen molar-refractivity contribution >= 4 is 11.8 Å². The van der Waals surface area contributed by atoms with Gasteiger partial charge in [-0.3, -0.25) is 14.4 Å². The summed E-state index contributed by atoms with van der Waals surface area (Å²) in [5.41, 5.74) is -1.07. The van der Waals surface area contributed by atoms with Gasteiger partial charge in [0.1, 0.15) is 24.3 Å². The average molecular weight is 418 g/mol. The maximum absolute atomic E-state index is 13.8. The molecule has 0 unspecified atom stereocenters. The van der Waals surface area contributed by atoms with E-state index in [4.69, 9.17) is 9.47 Å². The van der Waals surface area contributed by atoms with Gasteiger partial charge in [-0.1, -0.05) is 6.07 Å². The smallest absolute Gasteiger partial charge is 0.276 e. The van der Waals surface area contributed by atoms with Gasteiger partial charge in [0.25, 0.3) is 11.8 Å². The average Bonchev–Trinajstić information content (AvgIpc) is 3.08. The molecule has 1 aromatic heterocycles. The van der Waals surface area contributed by atoms with Crippen molar-refractivity contribution < 1.29 is 27.8 Å². The van der Waals surface area contributed by atoms with Crippen LogP contribution < -0.4 is 15.5 Å². The quantitative estimate of drug-likeness (QED) is 0.812. The van der Waals surface area contributed by atoms with E-state index in [9.17, 15) is 23.2 Å². The minimum atomic E-state index is -0.822. The number of nitrogens with zero attached hydrogens (tertiary/aromatic N) is 2. The summed E-state index contributed by atoms with van der Waals surface area (Å²) in [5.74, 6) is -3.16. The summed E-state index contributed by atoms with van der Waals surface area (Å²) >= 11 is 0. The van der Waals surface area contributed by atoms with Crippen molar-refractivity contribution in [3.63, 3.8) is 0 Å². The number of carbonyl (C=O) groups is 2. The Hall–Kier alpha value is -3.27. The highest BCUT2D eigenvalue weighted by Crippen LogP contribution is 2.29. The van der Waals surface area contributed by atoms with Gasteiger partial charge in [-0.05, 0) is 13.0 Å². The van der Waals surface area contributed by atoms with Crippen LogP contribution in [0.4, 0.5) is 8.78 Å². The number of ether oxygens (including phenoxy) is 2. The van der Waals surface area contributed by atoms with Crippen LogP contribution >= 0.6 is 0 Å². The topological polar surface area (TPSA) is 89.9 Å². The van der Waals surface area contributed by atoms with Gasteiger partial charge in [-0.15, -0.1) is 0 Å². The predicted molar refractivity (Wildman–Crippen MR) is 99.6 cm³/mol. The summed E-state index contributed by atoms with van der Waals surface area (Å²) in [5, 5.41) is 2.42. The van der Waals surface area contributed by atoms with Gasteiger partial charge >= 0.3 is 0 Å². The molecule has 0 aliphatic carbocycles. The number of halogens is 2. The van der Waals surface area contributed by atoms with Crippen molar-refractivity contribution in [2.24, 2.45) is 0 Å². The Labute approximate surface area is 170 Å². The second kappa shape index (κ2) is 7.52. The normalized spacial score (nSPS) is 20.0. The minimum Gasteiger partial charge on any atom is -0.484 e. The molecule has 2 amide bonds. The van der Waals surface area contributed by atoms with Crippen molar-refractivity contribution in [3.05, 3.63) is 70.2 Å². The second-order valence-electron chi connectivity index (χ2n) is 7.11. The minimum absolute atomic E-state index is 0.00951. The van der Waals surface area contributed by atoms with Crippen LogP contribution in [0.3, 0.4) is 0 Å². The van der Waals surface area contributed by atoms with E-state index in [0.717, 1.165) is 6.07 Å². The van der Waals surface area contributed by atoms with Gasteiger partial charge in [0.05, 0.1) is 19.2 Å². The molecule has 2 aliphatic rings. The first kappa shape index (κ1) is 20.0. The largest absolute Gasteiger partial charge is 0.484 e. The van der Waals surface area contributed by atoms with Gasteiger partial charge in [0.2, 0.25) is 5.43 Å². The van der Waals surface area contributed by atoms with Crippen molar-refractivity contribution in [2.75, 3.05) is 6.61 Å². The monoisotopic (exact) mass is 418 g/mol. The van der Waals surface area contributed by atoms with Crippen molar-refractivity contribution in [2.45, 2.75) is 32.3 Å². The number of carbonyl (C=O) groups excluding carboxylic acids is 2. The summed E-state index contributed by atoms with van der Waals surface area (Å²) in [6.45, 7) is 2.12. The Morgan fingerprint density at radius 2 is 2.13 bits per heavy atom. The molecule has 2 atom stereocenters. The lowest BCUT2D eigenvalue weighted by Crippen LogP contribution is -2.49. The highest BCUT2D eigenvalue weighted by Gasteiger charge is 2.43. The zero-order valence-corrected chi connectivity index (χ0v) is 16.0. The summed E-state index contributed by atoms with van der Waals surface area (Å²) in [6, 6.07) is 2.79. The lowest BCUT2D eigenvalue weighted by atomic mass is 10.1. The van der Waals surface area contributed by atoms with Crippen molar-refractivity contribution in [3.8, 4) is 5.75 Å². The zero-order chi connectivity index (χ0) is 21.6. The van der Waals surface area contributed by atoms with Gasteiger partial charge in [-0.2, -0.15) is 0 Å². The first-order valence-corrected chi connectivity index (χ1v) is 9.17. The molecule has 1 fully saturated rings. The number of amides is 2. The zero-order valence-electron chi connectivity index (χ0n) is 16.0. The molecule has 10 heteroatoms. The maximum atomic E-state index is 13.8. The van der Waals surface area contributed by atoms with Crippen LogP contribution in [0.1, 0.15) is 33.3 Å². The molecule has 1 saturated heterocycles. The molecule has 0 spiro atoms. The van der Waals surface area contributed by atoms with Crippen molar-refractivity contribution in [1.82, 2.24) is 14.8 Å². The Balaban J connectivity index is 1.66. The van der Waals surface area contributed by atoms with Crippen LogP contribution in [0.15, 0.2) is 29.2 Å². The van der Waals surface area contributed by atoms with Crippen LogP contribution in [0.25, 0.3) is 0 Å². The van der Waals surface area contributed by atoms with Crippen molar-refractivity contribution in [1.29, 1.82) is 0 Å². The summed E-state index contributed by atoms with van der Waals surface area (Å²) < 4.78 is 38.8. The molecule has 30 heavy (non-hydrogen) atoms. The molecule has 157 valence electrons. The van der Waals surface area contributed by atoms with Crippen LogP contribution in [0, 0.1) is 18.7 Å². The summed E-state index contributed by atoms with van der Waals surface area (Å²) in [7, 11) is 3.25. The number of hydrogen-bond donors (Lipinski definition) is 1. The number of nitrogens with one attached hydrogen (secondary N) is 1. The SMILES string of the molecule is [CH2]Oc1c2n(cc(C(=O)NCc3ccc(F)cc3F)c1=O)C[C@H]1OC[C@H](C)N1C2=O. The van der Waals surface area contributed by atoms with Gasteiger partial charge in [0.15, 0.2) is 17.7 Å². The Kier molecular flexibility index (Phi) is 5.02. The van der Waals surface area contributed by atoms with E-state index in [1.54, 1.807) is 0 Å². The van der Waals surface area contributed by atoms with Crippen LogP contribution in [-0.4, -0.2) is 40.2 Å². The molecule has 3 heterocycles. The van der Waals surface area contributed by atoms with Crippen LogP contribution in [0.5, 0.6) is 5.75 Å². The third-order valence-electron chi connectivity index (χ3n) is 5.19. The summed E-state index contributed by atoms with van der Waals surface area (Å²) in [6.07, 6.45) is 0.724. The lowest BCUT2D eigenvalue weighted by molar-refractivity contribution is 0.00629. The standard InChI is InChI=1S/C20H18F2N3O5/c1-10-9-30-15-8-24-7-13(17(26)18(29-2)16(24)20(28)25(10)15)19(27)23-6-11-3-4-12(21)5-14(11)22/h3-5,7,10,15H,2,6,8-9H2,1H3,(H,23,27)/t10-,15+/m0/s1. The lowest BCUT2D eigenvalue weighted by Gasteiger charge is -2.34. The van der Waals surface area contributed by atoms with E-state index < -0.39 is 35.1 Å². The van der Waals surface area contributed by atoms with E-state index in [1.165, 1.54) is 21.7 Å². The second-order valence-corrected chi connectivity index (χ2v) is 7.11. The predicted octanol–water partition coefficient (Wildman–Crippen LogP) is 1.43. The molecule has 1 N–H and O–H groups in total.